The summed E-state index contributed by atoms with van der Waals surface area (Å²) in [6.07, 6.45) is -7.88. The Labute approximate surface area is 193 Å². The predicted molar refractivity (Wildman–Crippen MR) is 113 cm³/mol. The third-order valence-corrected chi connectivity index (χ3v) is 5.68. The monoisotopic (exact) mass is 502 g/mol. The van der Waals surface area contributed by atoms with Crippen LogP contribution in [0, 0.1) is 0 Å². The van der Waals surface area contributed by atoms with E-state index in [-0.39, 0.29) is 10.7 Å². The lowest BCUT2D eigenvalue weighted by Crippen LogP contribution is -2.27. The summed E-state index contributed by atoms with van der Waals surface area (Å²) in [6.45, 7) is 2.37. The van der Waals surface area contributed by atoms with E-state index in [0.717, 1.165) is 59.2 Å². The second-order valence-corrected chi connectivity index (χ2v) is 8.08. The number of thioether (sulfide) groups is 1. The van der Waals surface area contributed by atoms with E-state index in [1.807, 2.05) is 0 Å². The highest BCUT2D eigenvalue weighted by Crippen LogP contribution is 2.41. The van der Waals surface area contributed by atoms with Gasteiger partial charge in [0.15, 0.2) is 0 Å². The number of nitrogens with zero attached hydrogens (tertiary/aromatic N) is 4. The number of hydrazone groups is 2. The molecule has 0 spiro atoms. The molecule has 0 bridgehead atoms. The summed E-state index contributed by atoms with van der Waals surface area (Å²) in [5.41, 5.74) is -1.10. The number of carbonyl (C=O) groups excluding carboxylic acids is 2. The van der Waals surface area contributed by atoms with Crippen molar-refractivity contribution >= 4 is 35.0 Å². The van der Waals surface area contributed by atoms with Crippen LogP contribution >= 0.6 is 11.8 Å². The molecule has 0 saturated heterocycles. The molecule has 0 fully saturated rings. The standard InChI is InChI=1S/C21H16F6N4O2S/c1-12(32)30-18(15-5-9-17(10-6-15)21(25,26)27)34-19(29-30)31(13(2)33)28-11-14-3-7-16(8-4-14)20(22,23)24/h3-11,18H,1-2H3/b28-11-/t18-/m0/s1. The van der Waals surface area contributed by atoms with Crippen molar-refractivity contribution in [3.63, 3.8) is 0 Å². The molecule has 2 aromatic rings. The molecule has 1 aliphatic rings. The molecule has 1 heterocycles. The van der Waals surface area contributed by atoms with Crippen molar-refractivity contribution in [2.45, 2.75) is 31.6 Å². The Kier molecular flexibility index (Phi) is 7.05. The highest BCUT2D eigenvalue weighted by Gasteiger charge is 2.37. The van der Waals surface area contributed by atoms with Gasteiger partial charge in [0.1, 0.15) is 5.37 Å². The maximum absolute atomic E-state index is 12.9. The third-order valence-electron chi connectivity index (χ3n) is 4.52. The Balaban J connectivity index is 1.84. The molecule has 2 aromatic carbocycles. The normalized spacial score (nSPS) is 16.6. The smallest absolute Gasteiger partial charge is 0.273 e. The van der Waals surface area contributed by atoms with Gasteiger partial charge in [-0.1, -0.05) is 36.0 Å². The van der Waals surface area contributed by atoms with Crippen LogP contribution in [0.4, 0.5) is 26.3 Å². The SMILES string of the molecule is CC(=O)N(/N=C\c1ccc(C(F)(F)F)cc1)C1=NN(C(C)=O)[C@H](c2ccc(C(F)(F)F)cc2)S1. The molecule has 0 aliphatic carbocycles. The van der Waals surface area contributed by atoms with E-state index < -0.39 is 40.7 Å². The van der Waals surface area contributed by atoms with Gasteiger partial charge in [-0.3, -0.25) is 9.59 Å². The zero-order valence-corrected chi connectivity index (χ0v) is 18.4. The van der Waals surface area contributed by atoms with Gasteiger partial charge in [0.25, 0.3) is 0 Å². The van der Waals surface area contributed by atoms with Gasteiger partial charge in [0.05, 0.1) is 17.3 Å². The van der Waals surface area contributed by atoms with E-state index in [2.05, 4.69) is 10.2 Å². The minimum Gasteiger partial charge on any atom is -0.273 e. The zero-order chi connectivity index (χ0) is 25.3. The molecule has 1 aliphatic heterocycles. The van der Waals surface area contributed by atoms with E-state index in [0.29, 0.717) is 5.56 Å². The number of rotatable bonds is 3. The number of hydrogen-bond acceptors (Lipinski definition) is 5. The lowest BCUT2D eigenvalue weighted by molar-refractivity contribution is -0.138. The molecule has 0 N–H and O–H groups in total. The summed E-state index contributed by atoms with van der Waals surface area (Å²) in [5, 5.41) is 9.03. The Morgan fingerprint density at radius 1 is 0.941 bits per heavy atom. The molecule has 1 atom stereocenters. The van der Waals surface area contributed by atoms with E-state index in [1.54, 1.807) is 0 Å². The molecule has 34 heavy (non-hydrogen) atoms. The number of alkyl halides is 6. The minimum absolute atomic E-state index is 0.0317. The topological polar surface area (TPSA) is 65.3 Å². The van der Waals surface area contributed by atoms with Gasteiger partial charge in [-0.2, -0.15) is 36.5 Å². The molecule has 180 valence electrons. The molecule has 0 aromatic heterocycles. The second kappa shape index (κ2) is 9.49. The van der Waals surface area contributed by atoms with Crippen LogP contribution < -0.4 is 0 Å². The Hall–Kier alpha value is -3.35. The first-order chi connectivity index (χ1) is 15.8. The van der Waals surface area contributed by atoms with Gasteiger partial charge < -0.3 is 0 Å². The van der Waals surface area contributed by atoms with Crippen molar-refractivity contribution in [2.24, 2.45) is 10.2 Å². The van der Waals surface area contributed by atoms with E-state index in [1.165, 1.54) is 31.2 Å². The van der Waals surface area contributed by atoms with Crippen LogP contribution in [0.2, 0.25) is 0 Å². The lowest BCUT2D eigenvalue weighted by atomic mass is 10.1. The maximum atomic E-state index is 12.9. The summed E-state index contributed by atoms with van der Waals surface area (Å²) in [5.74, 6) is -1.13. The van der Waals surface area contributed by atoms with Crippen molar-refractivity contribution in [1.82, 2.24) is 10.0 Å². The minimum atomic E-state index is -4.53. The highest BCUT2D eigenvalue weighted by atomic mass is 32.2. The number of amidine groups is 1. The molecule has 6 nitrogen and oxygen atoms in total. The quantitative estimate of drug-likeness (QED) is 0.318. The first-order valence-electron chi connectivity index (χ1n) is 9.51. The van der Waals surface area contributed by atoms with E-state index in [4.69, 9.17) is 0 Å². The Morgan fingerprint density at radius 3 is 1.88 bits per heavy atom. The molecule has 0 saturated carbocycles. The van der Waals surface area contributed by atoms with Gasteiger partial charge in [-0.25, -0.2) is 5.01 Å². The average molecular weight is 502 g/mol. The van der Waals surface area contributed by atoms with Gasteiger partial charge >= 0.3 is 12.4 Å². The summed E-state index contributed by atoms with van der Waals surface area (Å²) >= 11 is 0.907. The van der Waals surface area contributed by atoms with Gasteiger partial charge in [-0.15, -0.1) is 5.10 Å². The van der Waals surface area contributed by atoms with Crippen LogP contribution in [0.3, 0.4) is 0 Å². The van der Waals surface area contributed by atoms with Crippen LogP contribution in [-0.4, -0.2) is 33.2 Å². The number of halogens is 6. The van der Waals surface area contributed by atoms with Crippen molar-refractivity contribution in [3.05, 3.63) is 70.8 Å². The van der Waals surface area contributed by atoms with Crippen LogP contribution in [0.5, 0.6) is 0 Å². The van der Waals surface area contributed by atoms with Gasteiger partial charge in [0.2, 0.25) is 17.0 Å². The van der Waals surface area contributed by atoms with Crippen LogP contribution in [-0.2, 0) is 21.9 Å². The average Bonchev–Trinajstić information content (AvgIpc) is 3.18. The molecule has 13 heteroatoms. The molecule has 0 unspecified atom stereocenters. The van der Waals surface area contributed by atoms with Crippen LogP contribution in [0.25, 0.3) is 0 Å². The molecule has 2 amide bonds. The molecular formula is C21H16F6N4O2S. The fraction of sp³-hybridized carbons (Fsp3) is 0.238. The Bertz CT molecular complexity index is 1130. The first-order valence-corrected chi connectivity index (χ1v) is 10.4. The predicted octanol–water partition coefficient (Wildman–Crippen LogP) is 5.47. The third kappa shape index (κ3) is 5.76. The fourth-order valence-corrected chi connectivity index (χ4v) is 4.04. The Morgan fingerprint density at radius 2 is 1.44 bits per heavy atom. The van der Waals surface area contributed by atoms with Crippen molar-refractivity contribution in [2.75, 3.05) is 0 Å². The summed E-state index contributed by atoms with van der Waals surface area (Å²) in [6, 6.07) is 8.22. The van der Waals surface area contributed by atoms with E-state index >= 15 is 0 Å². The molecular weight excluding hydrogens is 486 g/mol. The number of hydrogen-bond donors (Lipinski definition) is 0. The van der Waals surface area contributed by atoms with Crippen molar-refractivity contribution in [3.8, 4) is 0 Å². The second-order valence-electron chi connectivity index (χ2n) is 7.03. The largest absolute Gasteiger partial charge is 0.416 e. The van der Waals surface area contributed by atoms with Gasteiger partial charge in [-0.05, 0) is 35.4 Å². The highest BCUT2D eigenvalue weighted by molar-refractivity contribution is 8.14. The number of carbonyl (C=O) groups is 2. The van der Waals surface area contributed by atoms with E-state index in [9.17, 15) is 35.9 Å². The fourth-order valence-electron chi connectivity index (χ4n) is 2.84. The molecule has 3 rings (SSSR count). The summed E-state index contributed by atoms with van der Waals surface area (Å²) in [7, 11) is 0. The van der Waals surface area contributed by atoms with Crippen LogP contribution in [0.1, 0.15) is 41.5 Å². The lowest BCUT2D eigenvalue weighted by Gasteiger charge is -2.19. The molecule has 0 radical (unpaired) electrons. The van der Waals surface area contributed by atoms with Crippen molar-refractivity contribution in [1.29, 1.82) is 0 Å². The van der Waals surface area contributed by atoms with Gasteiger partial charge in [0, 0.05) is 13.8 Å². The zero-order valence-electron chi connectivity index (χ0n) is 17.6. The summed E-state index contributed by atoms with van der Waals surface area (Å²) < 4.78 is 76.7. The summed E-state index contributed by atoms with van der Waals surface area (Å²) in [4.78, 5) is 24.2. The maximum Gasteiger partial charge on any atom is 0.416 e. The number of amides is 2. The van der Waals surface area contributed by atoms with Crippen molar-refractivity contribution < 1.29 is 35.9 Å². The van der Waals surface area contributed by atoms with Crippen LogP contribution in [0.15, 0.2) is 58.7 Å². The first kappa shape index (κ1) is 25.3. The number of benzene rings is 2.